The number of pyridine rings is 1. The van der Waals surface area contributed by atoms with Gasteiger partial charge < -0.3 is 4.90 Å². The number of anilines is 1. The number of rotatable bonds is 3. The van der Waals surface area contributed by atoms with Crippen LogP contribution in [0.2, 0.25) is 0 Å². The van der Waals surface area contributed by atoms with Gasteiger partial charge in [-0.3, -0.25) is 0 Å². The van der Waals surface area contributed by atoms with Crippen molar-refractivity contribution in [2.75, 3.05) is 11.9 Å². The quantitative estimate of drug-likeness (QED) is 0.830. The van der Waals surface area contributed by atoms with Gasteiger partial charge in [0, 0.05) is 23.8 Å². The highest BCUT2D eigenvalue weighted by Crippen LogP contribution is 2.20. The van der Waals surface area contributed by atoms with Crippen molar-refractivity contribution in [1.29, 1.82) is 0 Å². The lowest BCUT2D eigenvalue weighted by atomic mass is 10.2. The first-order valence-electron chi connectivity index (χ1n) is 4.60. The summed E-state index contributed by atoms with van der Waals surface area (Å²) in [4.78, 5) is 5.90. The summed E-state index contributed by atoms with van der Waals surface area (Å²) in [5.74, 6) is 0.115. The normalized spacial score (nSPS) is 12.6. The van der Waals surface area contributed by atoms with Crippen LogP contribution in [-0.4, -0.2) is 18.1 Å². The Hall–Kier alpha value is -0.640. The van der Waals surface area contributed by atoms with Crippen LogP contribution in [0.4, 0.5) is 10.2 Å². The monoisotopic (exact) mass is 260 g/mol. The highest BCUT2D eigenvalue weighted by molar-refractivity contribution is 9.10. The molecular formula is C10H14BrFN2. The fraction of sp³-hybridized carbons (Fsp3) is 0.500. The summed E-state index contributed by atoms with van der Waals surface area (Å²) in [7, 11) is 1.85. The number of aromatic nitrogens is 1. The molecule has 4 heteroatoms. The molecule has 1 rings (SSSR count). The molecule has 1 atom stereocenters. The lowest BCUT2D eigenvalue weighted by molar-refractivity contribution is 0.589. The highest BCUT2D eigenvalue weighted by atomic mass is 79.9. The number of nitrogens with zero attached hydrogens (tertiary/aromatic N) is 2. The molecule has 0 aliphatic rings. The topological polar surface area (TPSA) is 16.1 Å². The average molecular weight is 261 g/mol. The molecule has 0 aliphatic heterocycles. The molecule has 14 heavy (non-hydrogen) atoms. The van der Waals surface area contributed by atoms with Crippen molar-refractivity contribution in [3.63, 3.8) is 0 Å². The van der Waals surface area contributed by atoms with Crippen LogP contribution < -0.4 is 4.90 Å². The van der Waals surface area contributed by atoms with Crippen molar-refractivity contribution >= 4 is 21.7 Å². The van der Waals surface area contributed by atoms with Crippen LogP contribution in [0.1, 0.15) is 20.3 Å². The number of halogens is 2. The Kier molecular flexibility index (Phi) is 3.86. The Labute approximate surface area is 92.3 Å². The molecule has 0 aromatic carbocycles. The zero-order valence-corrected chi connectivity index (χ0v) is 10.2. The SMILES string of the molecule is CCC(C)N(C)c1ncc(Br)cc1F. The van der Waals surface area contributed by atoms with Crippen molar-refractivity contribution in [1.82, 2.24) is 4.98 Å². The first-order valence-corrected chi connectivity index (χ1v) is 5.39. The molecule has 0 radical (unpaired) electrons. The molecule has 0 fully saturated rings. The molecule has 2 nitrogen and oxygen atoms in total. The molecule has 0 amide bonds. The van der Waals surface area contributed by atoms with E-state index < -0.39 is 0 Å². The predicted molar refractivity (Wildman–Crippen MR) is 60.1 cm³/mol. The van der Waals surface area contributed by atoms with Gasteiger partial charge in [-0.05, 0) is 35.3 Å². The Balaban J connectivity index is 2.95. The third kappa shape index (κ3) is 2.44. The van der Waals surface area contributed by atoms with Crippen molar-refractivity contribution in [3.05, 3.63) is 22.6 Å². The molecule has 0 saturated carbocycles. The van der Waals surface area contributed by atoms with E-state index in [0.717, 1.165) is 6.42 Å². The smallest absolute Gasteiger partial charge is 0.166 e. The number of hydrogen-bond acceptors (Lipinski definition) is 2. The van der Waals surface area contributed by atoms with E-state index in [9.17, 15) is 4.39 Å². The lowest BCUT2D eigenvalue weighted by Crippen LogP contribution is -2.29. The fourth-order valence-electron chi connectivity index (χ4n) is 1.15. The molecule has 78 valence electrons. The Morgan fingerprint density at radius 1 is 1.64 bits per heavy atom. The molecule has 1 aromatic rings. The minimum Gasteiger partial charge on any atom is -0.355 e. The van der Waals surface area contributed by atoms with E-state index in [1.807, 2.05) is 18.9 Å². The summed E-state index contributed by atoms with van der Waals surface area (Å²) in [6.07, 6.45) is 2.57. The van der Waals surface area contributed by atoms with Crippen LogP contribution in [-0.2, 0) is 0 Å². The van der Waals surface area contributed by atoms with E-state index >= 15 is 0 Å². The largest absolute Gasteiger partial charge is 0.355 e. The van der Waals surface area contributed by atoms with Crippen LogP contribution in [0.5, 0.6) is 0 Å². The van der Waals surface area contributed by atoms with Crippen LogP contribution in [0.25, 0.3) is 0 Å². The second-order valence-corrected chi connectivity index (χ2v) is 4.24. The summed E-state index contributed by atoms with van der Waals surface area (Å²) in [5.41, 5.74) is 0. The van der Waals surface area contributed by atoms with Gasteiger partial charge in [0.05, 0.1) is 0 Å². The molecule has 0 bridgehead atoms. The van der Waals surface area contributed by atoms with Crippen LogP contribution in [0, 0.1) is 5.82 Å². The Morgan fingerprint density at radius 3 is 2.79 bits per heavy atom. The molecular weight excluding hydrogens is 247 g/mol. The zero-order valence-electron chi connectivity index (χ0n) is 8.59. The molecule has 1 heterocycles. The summed E-state index contributed by atoms with van der Waals surface area (Å²) in [6, 6.07) is 1.72. The van der Waals surface area contributed by atoms with Gasteiger partial charge >= 0.3 is 0 Å². The summed E-state index contributed by atoms with van der Waals surface area (Å²) in [6.45, 7) is 4.11. The first-order chi connectivity index (χ1) is 6.56. The maximum atomic E-state index is 13.5. The van der Waals surface area contributed by atoms with Crippen molar-refractivity contribution in [2.45, 2.75) is 26.3 Å². The van der Waals surface area contributed by atoms with Gasteiger partial charge in [0.2, 0.25) is 0 Å². The van der Waals surface area contributed by atoms with Crippen molar-refractivity contribution in [2.24, 2.45) is 0 Å². The van der Waals surface area contributed by atoms with E-state index in [0.29, 0.717) is 10.3 Å². The van der Waals surface area contributed by atoms with Gasteiger partial charge in [0.25, 0.3) is 0 Å². The van der Waals surface area contributed by atoms with E-state index in [4.69, 9.17) is 0 Å². The molecule has 0 aliphatic carbocycles. The average Bonchev–Trinajstić information content (AvgIpc) is 2.15. The van der Waals surface area contributed by atoms with Crippen LogP contribution in [0.3, 0.4) is 0 Å². The summed E-state index contributed by atoms with van der Waals surface area (Å²) < 4.78 is 14.1. The second kappa shape index (κ2) is 4.73. The second-order valence-electron chi connectivity index (χ2n) is 3.33. The minimum atomic E-state index is -0.290. The van der Waals surface area contributed by atoms with Gasteiger partial charge in [-0.15, -0.1) is 0 Å². The fourth-order valence-corrected chi connectivity index (χ4v) is 1.45. The van der Waals surface area contributed by atoms with Crippen molar-refractivity contribution in [3.8, 4) is 0 Å². The van der Waals surface area contributed by atoms with E-state index in [1.54, 1.807) is 6.20 Å². The molecule has 0 saturated heterocycles. The van der Waals surface area contributed by atoms with Gasteiger partial charge in [0.1, 0.15) is 0 Å². The van der Waals surface area contributed by atoms with E-state index in [1.165, 1.54) is 6.07 Å². The van der Waals surface area contributed by atoms with Crippen LogP contribution >= 0.6 is 15.9 Å². The zero-order chi connectivity index (χ0) is 10.7. The minimum absolute atomic E-state index is 0.290. The third-order valence-electron chi connectivity index (χ3n) is 2.37. The standard InChI is InChI=1S/C10H14BrFN2/c1-4-7(2)14(3)10-9(12)5-8(11)6-13-10/h5-7H,4H2,1-3H3. The van der Waals surface area contributed by atoms with Gasteiger partial charge in [-0.2, -0.15) is 0 Å². The highest BCUT2D eigenvalue weighted by Gasteiger charge is 2.13. The molecule has 1 unspecified atom stereocenters. The molecule has 0 spiro atoms. The third-order valence-corrected chi connectivity index (χ3v) is 2.81. The van der Waals surface area contributed by atoms with Crippen LogP contribution in [0.15, 0.2) is 16.7 Å². The summed E-state index contributed by atoms with van der Waals surface area (Å²) >= 11 is 3.18. The van der Waals surface area contributed by atoms with Crippen molar-refractivity contribution < 1.29 is 4.39 Å². The van der Waals surface area contributed by atoms with Gasteiger partial charge in [-0.25, -0.2) is 9.37 Å². The maximum Gasteiger partial charge on any atom is 0.166 e. The van der Waals surface area contributed by atoms with E-state index in [-0.39, 0.29) is 11.9 Å². The maximum absolute atomic E-state index is 13.5. The Morgan fingerprint density at radius 2 is 2.29 bits per heavy atom. The van der Waals surface area contributed by atoms with Gasteiger partial charge in [-0.1, -0.05) is 6.92 Å². The molecule has 0 N–H and O–H groups in total. The lowest BCUT2D eigenvalue weighted by Gasteiger charge is -2.25. The summed E-state index contributed by atoms with van der Waals surface area (Å²) in [5, 5.41) is 0. The predicted octanol–water partition coefficient (Wildman–Crippen LogP) is 3.22. The van der Waals surface area contributed by atoms with E-state index in [2.05, 4.69) is 27.8 Å². The first kappa shape index (κ1) is 11.4. The molecule has 1 aromatic heterocycles. The van der Waals surface area contributed by atoms with Gasteiger partial charge in [0.15, 0.2) is 11.6 Å². The Bertz CT molecular complexity index is 317. The number of hydrogen-bond donors (Lipinski definition) is 0.